The van der Waals surface area contributed by atoms with Crippen LogP contribution in [0.15, 0.2) is 72.8 Å². The van der Waals surface area contributed by atoms with Crippen molar-refractivity contribution < 1.29 is 61.1 Å². The molecule has 13 nitrogen and oxygen atoms in total. The van der Waals surface area contributed by atoms with Gasteiger partial charge in [-0.25, -0.2) is 0 Å². The number of carbonyl (C=O) groups is 4. The van der Waals surface area contributed by atoms with E-state index in [4.69, 9.17) is 28.8 Å². The lowest BCUT2D eigenvalue weighted by Gasteiger charge is -2.44. The van der Waals surface area contributed by atoms with Gasteiger partial charge < -0.3 is 43.9 Å². The highest BCUT2D eigenvalue weighted by Crippen LogP contribution is 2.45. The SMILES string of the molecule is CCN(CC)CC.COc1ccc(C(OCC2(COC(=O)CCC(=O)O)CCN(C(=O)CCCCCNC(=O)C(F)(F)F)CC2)(c2ccc(OC)cc2)c2ccc(OC)cc2)cc1. The smallest absolute Gasteiger partial charge is 0.471 e. The molecule has 1 fully saturated rings. The minimum Gasteiger partial charge on any atom is -0.497 e. The number of ether oxygens (including phenoxy) is 5. The summed E-state index contributed by atoms with van der Waals surface area (Å²) in [6.45, 7) is 10.6. The van der Waals surface area contributed by atoms with Crippen LogP contribution in [0.5, 0.6) is 17.2 Å². The number of rotatable bonds is 23. The molecular weight excluding hydrogens is 824 g/mol. The monoisotopic (exact) mass is 887 g/mol. The van der Waals surface area contributed by atoms with Crippen molar-refractivity contribution in [3.63, 3.8) is 0 Å². The molecule has 0 spiro atoms. The predicted octanol–water partition coefficient (Wildman–Crippen LogP) is 7.62. The summed E-state index contributed by atoms with van der Waals surface area (Å²) in [5.74, 6) is -1.98. The van der Waals surface area contributed by atoms with Gasteiger partial charge in [-0.3, -0.25) is 19.2 Å². The molecule has 0 aromatic heterocycles. The van der Waals surface area contributed by atoms with Gasteiger partial charge in [0.05, 0.1) is 47.4 Å². The van der Waals surface area contributed by atoms with Gasteiger partial charge in [0, 0.05) is 31.5 Å². The molecule has 1 saturated heterocycles. The third kappa shape index (κ3) is 15.7. The minimum atomic E-state index is -4.94. The van der Waals surface area contributed by atoms with E-state index in [1.807, 2.05) is 78.1 Å². The van der Waals surface area contributed by atoms with Crippen LogP contribution in [0.3, 0.4) is 0 Å². The Morgan fingerprint density at radius 2 is 1.14 bits per heavy atom. The lowest BCUT2D eigenvalue weighted by Crippen LogP contribution is -2.49. The fraction of sp³-hybridized carbons (Fsp3) is 0.532. The zero-order valence-electron chi connectivity index (χ0n) is 37.4. The van der Waals surface area contributed by atoms with Crippen LogP contribution in [0.2, 0.25) is 0 Å². The Bertz CT molecular complexity index is 1720. The first-order chi connectivity index (χ1) is 30.1. The normalized spacial score (nSPS) is 13.7. The van der Waals surface area contributed by atoms with Crippen molar-refractivity contribution >= 4 is 23.8 Å². The molecular formula is C47H64F3N3O10. The first-order valence-electron chi connectivity index (χ1n) is 21.4. The number of benzene rings is 3. The largest absolute Gasteiger partial charge is 0.497 e. The number of unbranched alkanes of at least 4 members (excludes halogenated alkanes) is 2. The van der Waals surface area contributed by atoms with Gasteiger partial charge >= 0.3 is 24.0 Å². The highest BCUT2D eigenvalue weighted by Gasteiger charge is 2.44. The summed E-state index contributed by atoms with van der Waals surface area (Å²) in [5, 5.41) is 10.9. The Hall–Kier alpha value is -5.35. The lowest BCUT2D eigenvalue weighted by molar-refractivity contribution is -0.173. The van der Waals surface area contributed by atoms with Crippen molar-refractivity contribution in [3.05, 3.63) is 89.5 Å². The summed E-state index contributed by atoms with van der Waals surface area (Å²) in [4.78, 5) is 52.2. The van der Waals surface area contributed by atoms with Crippen LogP contribution in [0.25, 0.3) is 0 Å². The van der Waals surface area contributed by atoms with Crippen LogP contribution < -0.4 is 19.5 Å². The molecule has 1 aliphatic heterocycles. The van der Waals surface area contributed by atoms with Crippen LogP contribution in [0.1, 0.15) is 88.8 Å². The number of carboxylic acid groups (broad SMARTS) is 1. The zero-order chi connectivity index (χ0) is 46.5. The summed E-state index contributed by atoms with van der Waals surface area (Å²) >= 11 is 0. The number of esters is 1. The predicted molar refractivity (Wildman–Crippen MR) is 232 cm³/mol. The van der Waals surface area contributed by atoms with Crippen molar-refractivity contribution in [2.24, 2.45) is 5.41 Å². The molecule has 0 bridgehead atoms. The molecule has 0 atom stereocenters. The number of amides is 2. The average Bonchev–Trinajstić information content (AvgIpc) is 3.30. The number of likely N-dealkylation sites (tertiary alicyclic amines) is 1. The van der Waals surface area contributed by atoms with Crippen LogP contribution in [0, 0.1) is 5.41 Å². The van der Waals surface area contributed by atoms with Gasteiger partial charge in [-0.1, -0.05) is 63.6 Å². The maximum atomic E-state index is 13.2. The first-order valence-corrected chi connectivity index (χ1v) is 21.4. The van der Waals surface area contributed by atoms with Crippen molar-refractivity contribution in [1.82, 2.24) is 15.1 Å². The number of methoxy groups -OCH3 is 3. The molecule has 348 valence electrons. The summed E-state index contributed by atoms with van der Waals surface area (Å²) in [6.07, 6.45) is -3.50. The number of carboxylic acids is 1. The Morgan fingerprint density at radius 3 is 1.52 bits per heavy atom. The van der Waals surface area contributed by atoms with E-state index in [1.54, 1.807) is 26.2 Å². The molecule has 0 unspecified atom stereocenters. The van der Waals surface area contributed by atoms with Crippen LogP contribution >= 0.6 is 0 Å². The molecule has 2 N–H and O–H groups in total. The number of piperidine rings is 1. The molecule has 63 heavy (non-hydrogen) atoms. The van der Waals surface area contributed by atoms with Gasteiger partial charge in [0.2, 0.25) is 5.91 Å². The van der Waals surface area contributed by atoms with Crippen molar-refractivity contribution in [2.75, 3.05) is 73.8 Å². The molecule has 4 rings (SSSR count). The van der Waals surface area contributed by atoms with E-state index in [1.165, 1.54) is 19.6 Å². The average molecular weight is 888 g/mol. The second kappa shape index (κ2) is 25.7. The van der Waals surface area contributed by atoms with E-state index in [9.17, 15) is 32.3 Å². The topological polar surface area (TPSA) is 153 Å². The quantitative estimate of drug-likeness (QED) is 0.0550. The number of aliphatic carboxylic acids is 1. The number of hydrogen-bond donors (Lipinski definition) is 2. The molecule has 3 aromatic carbocycles. The number of halogens is 3. The van der Waals surface area contributed by atoms with Crippen molar-refractivity contribution in [1.29, 1.82) is 0 Å². The van der Waals surface area contributed by atoms with Gasteiger partial charge in [0.1, 0.15) is 22.8 Å². The van der Waals surface area contributed by atoms with Gasteiger partial charge in [-0.05, 0) is 98.4 Å². The van der Waals surface area contributed by atoms with Gasteiger partial charge in [0.25, 0.3) is 0 Å². The number of alkyl halides is 3. The summed E-state index contributed by atoms with van der Waals surface area (Å²) in [5.41, 5.74) is 0.300. The number of nitrogens with one attached hydrogen (secondary N) is 1. The highest BCUT2D eigenvalue weighted by molar-refractivity contribution is 5.81. The number of nitrogens with zero attached hydrogens (tertiary/aromatic N) is 2. The maximum absolute atomic E-state index is 13.2. The molecule has 3 aromatic rings. The summed E-state index contributed by atoms with van der Waals surface area (Å²) < 4.78 is 66.6. The number of hydrogen-bond acceptors (Lipinski definition) is 10. The summed E-state index contributed by atoms with van der Waals surface area (Å²) in [7, 11) is 4.73. The van der Waals surface area contributed by atoms with Crippen LogP contribution in [0.4, 0.5) is 13.2 Å². The number of carbonyl (C=O) groups excluding carboxylic acids is 3. The summed E-state index contributed by atoms with van der Waals surface area (Å²) in [6, 6.07) is 22.5. The second-order valence-corrected chi connectivity index (χ2v) is 15.3. The third-order valence-corrected chi connectivity index (χ3v) is 11.3. The Kier molecular flexibility index (Phi) is 21.2. The maximum Gasteiger partial charge on any atom is 0.471 e. The van der Waals surface area contributed by atoms with Gasteiger partial charge in [-0.2, -0.15) is 13.2 Å². The Morgan fingerprint density at radius 1 is 0.683 bits per heavy atom. The van der Waals surface area contributed by atoms with Gasteiger partial charge in [0.15, 0.2) is 0 Å². The van der Waals surface area contributed by atoms with E-state index in [0.29, 0.717) is 62.4 Å². The van der Waals surface area contributed by atoms with E-state index in [2.05, 4.69) is 25.7 Å². The van der Waals surface area contributed by atoms with E-state index < -0.39 is 35.0 Å². The second-order valence-electron chi connectivity index (χ2n) is 15.3. The molecule has 1 aliphatic rings. The molecule has 0 saturated carbocycles. The van der Waals surface area contributed by atoms with Crippen molar-refractivity contribution in [2.45, 2.75) is 83.9 Å². The molecule has 2 amide bonds. The van der Waals surface area contributed by atoms with Gasteiger partial charge in [-0.15, -0.1) is 0 Å². The lowest BCUT2D eigenvalue weighted by atomic mass is 9.77. The minimum absolute atomic E-state index is 0.0645. The van der Waals surface area contributed by atoms with Crippen LogP contribution in [-0.4, -0.2) is 119 Å². The third-order valence-electron chi connectivity index (χ3n) is 11.3. The molecule has 0 radical (unpaired) electrons. The Labute approximate surface area is 369 Å². The van der Waals surface area contributed by atoms with E-state index >= 15 is 0 Å². The molecule has 16 heteroatoms. The Balaban J connectivity index is 0.00000139. The molecule has 1 heterocycles. The first kappa shape index (κ1) is 52.0. The molecule has 0 aliphatic carbocycles. The standard InChI is InChI=1S/C41H49F3N2O10.C6H15N/c1-52-32-14-8-29(9-15-32)40(30-10-16-33(53-2)17-11-30,31-12-18-34(54-3)19-13-31)56-28-39(27-55-37(50)21-20-36(48)49)22-25-46(26-23-39)35(47)7-5-4-6-24-45-38(51)41(42,43)44;1-4-7(5-2)6-3/h8-19H,4-7,20-28H2,1-3H3,(H,45,51)(H,48,49);4-6H2,1-3H3. The fourth-order valence-electron chi connectivity index (χ4n) is 7.27. The van der Waals surface area contributed by atoms with Crippen LogP contribution in [-0.2, 0) is 34.3 Å². The highest BCUT2D eigenvalue weighted by atomic mass is 19.4. The fourth-order valence-corrected chi connectivity index (χ4v) is 7.27. The van der Waals surface area contributed by atoms with E-state index in [0.717, 1.165) is 16.7 Å². The van der Waals surface area contributed by atoms with E-state index in [-0.39, 0.29) is 44.9 Å². The van der Waals surface area contributed by atoms with Crippen molar-refractivity contribution in [3.8, 4) is 17.2 Å². The zero-order valence-corrected chi connectivity index (χ0v) is 37.4.